The Hall–Kier alpha value is -4.72. The summed E-state index contributed by atoms with van der Waals surface area (Å²) in [6, 6.07) is 27.8. The van der Waals surface area contributed by atoms with Crippen LogP contribution in [0.15, 0.2) is 91.0 Å². The van der Waals surface area contributed by atoms with Gasteiger partial charge in [-0.3, -0.25) is 30.3 Å². The molecule has 0 saturated carbocycles. The van der Waals surface area contributed by atoms with Gasteiger partial charge in [0.1, 0.15) is 5.69 Å². The summed E-state index contributed by atoms with van der Waals surface area (Å²) in [5.41, 5.74) is 8.68. The molecule has 0 aliphatic heterocycles. The fraction of sp³-hybridized carbons (Fsp3) is 0.0400. The first-order valence-electron chi connectivity index (χ1n) is 10.2. The monoisotopic (exact) mass is 439 g/mol. The van der Waals surface area contributed by atoms with Crippen molar-refractivity contribution in [3.05, 3.63) is 102 Å². The Morgan fingerprint density at radius 3 is 1.97 bits per heavy atom. The first kappa shape index (κ1) is 21.5. The van der Waals surface area contributed by atoms with Crippen molar-refractivity contribution >= 4 is 17.7 Å². The minimum atomic E-state index is -0.569. The Labute approximate surface area is 190 Å². The van der Waals surface area contributed by atoms with E-state index in [0.717, 1.165) is 16.7 Å². The maximum Gasteiger partial charge on any atom is 0.287 e. The van der Waals surface area contributed by atoms with Crippen LogP contribution in [0.2, 0.25) is 0 Å². The highest BCUT2D eigenvalue weighted by molar-refractivity contribution is 5.98. The van der Waals surface area contributed by atoms with E-state index < -0.39 is 17.7 Å². The summed E-state index contributed by atoms with van der Waals surface area (Å²) in [4.78, 5) is 36.5. The Balaban J connectivity index is 1.24. The fourth-order valence-corrected chi connectivity index (χ4v) is 3.14. The van der Waals surface area contributed by atoms with E-state index in [-0.39, 0.29) is 12.2 Å². The van der Waals surface area contributed by atoms with Crippen molar-refractivity contribution in [3.8, 4) is 22.4 Å². The SMILES string of the molecule is O=C(CNC(=O)c1ccc(-c2ccccc2)cc1)NNC(=O)c1cc(-c2ccccc2)n[nH]1. The molecule has 0 saturated heterocycles. The molecule has 3 amide bonds. The van der Waals surface area contributed by atoms with Crippen LogP contribution >= 0.6 is 0 Å². The summed E-state index contributed by atoms with van der Waals surface area (Å²) in [5, 5.41) is 9.25. The van der Waals surface area contributed by atoms with E-state index in [9.17, 15) is 14.4 Å². The number of aromatic nitrogens is 2. The normalized spacial score (nSPS) is 10.3. The molecular weight excluding hydrogens is 418 g/mol. The number of benzene rings is 3. The van der Waals surface area contributed by atoms with Crippen LogP contribution in [0.4, 0.5) is 0 Å². The van der Waals surface area contributed by atoms with Crippen LogP contribution in [-0.4, -0.2) is 34.5 Å². The average molecular weight is 439 g/mol. The van der Waals surface area contributed by atoms with Crippen LogP contribution in [0, 0.1) is 0 Å². The molecule has 1 aromatic heterocycles. The Bertz CT molecular complexity index is 1250. The minimum Gasteiger partial charge on any atom is -0.343 e. The topological polar surface area (TPSA) is 116 Å². The molecule has 8 nitrogen and oxygen atoms in total. The van der Waals surface area contributed by atoms with Crippen molar-refractivity contribution in [1.82, 2.24) is 26.4 Å². The second kappa shape index (κ2) is 10.1. The number of hydrogen-bond donors (Lipinski definition) is 4. The first-order chi connectivity index (χ1) is 16.1. The molecule has 0 fully saturated rings. The van der Waals surface area contributed by atoms with Gasteiger partial charge in [0.15, 0.2) is 0 Å². The number of nitrogens with one attached hydrogen (secondary N) is 4. The van der Waals surface area contributed by atoms with Gasteiger partial charge in [-0.05, 0) is 29.3 Å². The number of rotatable bonds is 6. The summed E-state index contributed by atoms with van der Waals surface area (Å²) < 4.78 is 0. The molecule has 4 N–H and O–H groups in total. The lowest BCUT2D eigenvalue weighted by Gasteiger charge is -2.08. The second-order valence-corrected chi connectivity index (χ2v) is 7.16. The summed E-state index contributed by atoms with van der Waals surface area (Å²) in [7, 11) is 0. The van der Waals surface area contributed by atoms with Gasteiger partial charge in [0.2, 0.25) is 0 Å². The van der Waals surface area contributed by atoms with Gasteiger partial charge in [-0.1, -0.05) is 72.8 Å². The van der Waals surface area contributed by atoms with Gasteiger partial charge in [-0.15, -0.1) is 0 Å². The summed E-state index contributed by atoms with van der Waals surface area (Å²) in [6.07, 6.45) is 0. The van der Waals surface area contributed by atoms with Gasteiger partial charge in [0, 0.05) is 11.1 Å². The molecule has 3 aromatic carbocycles. The lowest BCUT2D eigenvalue weighted by molar-refractivity contribution is -0.120. The van der Waals surface area contributed by atoms with Crippen LogP contribution in [0.1, 0.15) is 20.8 Å². The van der Waals surface area contributed by atoms with E-state index in [1.807, 2.05) is 72.8 Å². The number of nitrogens with zero attached hydrogens (tertiary/aromatic N) is 1. The number of H-pyrrole nitrogens is 1. The molecule has 4 aromatic rings. The van der Waals surface area contributed by atoms with Gasteiger partial charge < -0.3 is 5.32 Å². The van der Waals surface area contributed by atoms with E-state index in [1.165, 1.54) is 0 Å². The molecule has 0 unspecified atom stereocenters. The Kier molecular flexibility index (Phi) is 6.56. The van der Waals surface area contributed by atoms with Crippen LogP contribution in [0.25, 0.3) is 22.4 Å². The van der Waals surface area contributed by atoms with E-state index >= 15 is 0 Å². The van der Waals surface area contributed by atoms with Crippen molar-refractivity contribution in [2.45, 2.75) is 0 Å². The van der Waals surface area contributed by atoms with Crippen LogP contribution in [0.3, 0.4) is 0 Å². The quantitative estimate of drug-likeness (QED) is 0.346. The standard InChI is InChI=1S/C25H21N5O3/c31-23(29-30-25(33)22-15-21(27-28-22)19-9-5-2-6-10-19)16-26-24(32)20-13-11-18(12-14-20)17-7-3-1-4-8-17/h1-15H,16H2,(H,26,32)(H,27,28)(H,29,31)(H,30,33). The third kappa shape index (κ3) is 5.50. The van der Waals surface area contributed by atoms with Gasteiger partial charge in [0.25, 0.3) is 17.7 Å². The highest BCUT2D eigenvalue weighted by Gasteiger charge is 2.13. The molecule has 164 valence electrons. The molecule has 0 spiro atoms. The fourth-order valence-electron chi connectivity index (χ4n) is 3.14. The molecule has 0 aliphatic rings. The zero-order valence-electron chi connectivity index (χ0n) is 17.5. The van der Waals surface area contributed by atoms with E-state index in [1.54, 1.807) is 18.2 Å². The number of carbonyl (C=O) groups excluding carboxylic acids is 3. The molecule has 0 aliphatic carbocycles. The van der Waals surface area contributed by atoms with Crippen molar-refractivity contribution in [2.24, 2.45) is 0 Å². The number of hydrogen-bond acceptors (Lipinski definition) is 4. The van der Waals surface area contributed by atoms with Gasteiger partial charge in [-0.25, -0.2) is 0 Å². The number of carbonyl (C=O) groups is 3. The smallest absolute Gasteiger partial charge is 0.287 e. The zero-order chi connectivity index (χ0) is 23.0. The molecular formula is C25H21N5O3. The number of aromatic amines is 1. The van der Waals surface area contributed by atoms with Crippen molar-refractivity contribution in [3.63, 3.8) is 0 Å². The number of amides is 3. The molecule has 4 rings (SSSR count). The maximum atomic E-state index is 12.3. The largest absolute Gasteiger partial charge is 0.343 e. The minimum absolute atomic E-state index is 0.191. The predicted octanol–water partition coefficient (Wildman–Crippen LogP) is 2.93. The Morgan fingerprint density at radius 1 is 0.697 bits per heavy atom. The summed E-state index contributed by atoms with van der Waals surface area (Å²) in [5.74, 6) is -1.52. The van der Waals surface area contributed by atoms with Crippen molar-refractivity contribution in [2.75, 3.05) is 6.54 Å². The van der Waals surface area contributed by atoms with Crippen molar-refractivity contribution < 1.29 is 14.4 Å². The van der Waals surface area contributed by atoms with Crippen LogP contribution < -0.4 is 16.2 Å². The molecule has 33 heavy (non-hydrogen) atoms. The third-order valence-electron chi connectivity index (χ3n) is 4.87. The maximum absolute atomic E-state index is 12.3. The highest BCUT2D eigenvalue weighted by Crippen LogP contribution is 2.19. The lowest BCUT2D eigenvalue weighted by atomic mass is 10.0. The molecule has 0 radical (unpaired) electrons. The van der Waals surface area contributed by atoms with Gasteiger partial charge in [-0.2, -0.15) is 5.10 Å². The summed E-state index contributed by atoms with van der Waals surface area (Å²) in [6.45, 7) is -0.294. The van der Waals surface area contributed by atoms with Gasteiger partial charge >= 0.3 is 0 Å². The first-order valence-corrected chi connectivity index (χ1v) is 10.2. The molecule has 8 heteroatoms. The second-order valence-electron chi connectivity index (χ2n) is 7.16. The lowest BCUT2D eigenvalue weighted by Crippen LogP contribution is -2.46. The zero-order valence-corrected chi connectivity index (χ0v) is 17.5. The number of hydrazine groups is 1. The molecule has 1 heterocycles. The van der Waals surface area contributed by atoms with E-state index in [0.29, 0.717) is 11.3 Å². The molecule has 0 atom stereocenters. The Morgan fingerprint density at radius 2 is 1.30 bits per heavy atom. The average Bonchev–Trinajstić information content (AvgIpc) is 3.37. The van der Waals surface area contributed by atoms with Gasteiger partial charge in [0.05, 0.1) is 12.2 Å². The molecule has 0 bridgehead atoms. The summed E-state index contributed by atoms with van der Waals surface area (Å²) >= 11 is 0. The van der Waals surface area contributed by atoms with E-state index in [2.05, 4.69) is 26.4 Å². The van der Waals surface area contributed by atoms with Crippen molar-refractivity contribution in [1.29, 1.82) is 0 Å². The van der Waals surface area contributed by atoms with E-state index in [4.69, 9.17) is 0 Å². The predicted molar refractivity (Wildman–Crippen MR) is 124 cm³/mol. The van der Waals surface area contributed by atoms with Crippen LogP contribution in [0.5, 0.6) is 0 Å². The highest BCUT2D eigenvalue weighted by atomic mass is 16.2. The third-order valence-corrected chi connectivity index (χ3v) is 4.87. The van der Waals surface area contributed by atoms with Crippen LogP contribution in [-0.2, 0) is 4.79 Å².